The predicted molar refractivity (Wildman–Crippen MR) is 117 cm³/mol. The molecule has 3 aliphatic rings. The van der Waals surface area contributed by atoms with Crippen molar-refractivity contribution in [2.24, 2.45) is 17.3 Å². The Hall–Kier alpha value is -1.88. The average Bonchev–Trinajstić information content (AvgIpc) is 3.44. The van der Waals surface area contributed by atoms with Crippen molar-refractivity contribution >= 4 is 11.8 Å². The number of ether oxygens (including phenoxy) is 1. The number of benzene rings is 1. The van der Waals surface area contributed by atoms with Gasteiger partial charge in [-0.25, -0.2) is 0 Å². The molecular formula is C25H36N2O3. The first kappa shape index (κ1) is 21.4. The van der Waals surface area contributed by atoms with E-state index in [-0.39, 0.29) is 28.8 Å². The van der Waals surface area contributed by atoms with E-state index in [1.165, 1.54) is 5.56 Å². The van der Waals surface area contributed by atoms with Crippen LogP contribution in [0.1, 0.15) is 57.9 Å². The maximum absolute atomic E-state index is 13.0. The zero-order chi connectivity index (χ0) is 21.2. The van der Waals surface area contributed by atoms with Gasteiger partial charge < -0.3 is 15.0 Å². The Morgan fingerprint density at radius 3 is 2.57 bits per heavy atom. The zero-order valence-corrected chi connectivity index (χ0v) is 18.5. The van der Waals surface area contributed by atoms with E-state index < -0.39 is 0 Å². The van der Waals surface area contributed by atoms with Gasteiger partial charge in [-0.15, -0.1) is 0 Å². The summed E-state index contributed by atoms with van der Waals surface area (Å²) in [7, 11) is 0. The minimum absolute atomic E-state index is 0.0886. The summed E-state index contributed by atoms with van der Waals surface area (Å²) in [6, 6.07) is 10.4. The second-order valence-corrected chi connectivity index (χ2v) is 10.1. The molecule has 2 atom stereocenters. The number of piperidine rings is 1. The fraction of sp³-hybridized carbons (Fsp3) is 0.680. The van der Waals surface area contributed by atoms with Gasteiger partial charge in [0.25, 0.3) is 0 Å². The van der Waals surface area contributed by atoms with Gasteiger partial charge in [0.05, 0.1) is 5.60 Å². The molecular weight excluding hydrogens is 376 g/mol. The summed E-state index contributed by atoms with van der Waals surface area (Å²) in [5.41, 5.74) is 1.27. The van der Waals surface area contributed by atoms with Crippen LogP contribution in [0.3, 0.4) is 0 Å². The summed E-state index contributed by atoms with van der Waals surface area (Å²) in [6.45, 7) is 7.16. The van der Waals surface area contributed by atoms with Gasteiger partial charge in [0.1, 0.15) is 0 Å². The van der Waals surface area contributed by atoms with Gasteiger partial charge in [0.2, 0.25) is 11.8 Å². The molecule has 4 rings (SSSR count). The number of carbonyl (C=O) groups excluding carboxylic acids is 2. The molecule has 164 valence electrons. The molecule has 3 fully saturated rings. The molecule has 5 nitrogen and oxygen atoms in total. The van der Waals surface area contributed by atoms with E-state index in [9.17, 15) is 9.59 Å². The Morgan fingerprint density at radius 2 is 1.87 bits per heavy atom. The van der Waals surface area contributed by atoms with E-state index in [4.69, 9.17) is 4.74 Å². The lowest BCUT2D eigenvalue weighted by atomic mass is 9.85. The van der Waals surface area contributed by atoms with Gasteiger partial charge in [-0.05, 0) is 69.8 Å². The topological polar surface area (TPSA) is 58.6 Å². The van der Waals surface area contributed by atoms with Gasteiger partial charge in [0, 0.05) is 38.1 Å². The van der Waals surface area contributed by atoms with Crippen molar-refractivity contribution in [1.29, 1.82) is 0 Å². The summed E-state index contributed by atoms with van der Waals surface area (Å²) in [4.78, 5) is 27.6. The van der Waals surface area contributed by atoms with Crippen LogP contribution in [0.5, 0.6) is 0 Å². The maximum Gasteiger partial charge on any atom is 0.225 e. The van der Waals surface area contributed by atoms with Crippen molar-refractivity contribution < 1.29 is 14.3 Å². The van der Waals surface area contributed by atoms with Gasteiger partial charge in [0.15, 0.2) is 0 Å². The van der Waals surface area contributed by atoms with E-state index in [1.807, 2.05) is 11.0 Å². The monoisotopic (exact) mass is 412 g/mol. The molecule has 1 aromatic rings. The highest BCUT2D eigenvalue weighted by Gasteiger charge is 2.58. The molecule has 1 spiro atoms. The Bertz CT molecular complexity index is 753. The highest BCUT2D eigenvalue weighted by Crippen LogP contribution is 2.59. The van der Waals surface area contributed by atoms with Crippen LogP contribution in [0.25, 0.3) is 0 Å². The van der Waals surface area contributed by atoms with Crippen molar-refractivity contribution in [3.63, 3.8) is 0 Å². The van der Waals surface area contributed by atoms with Crippen LogP contribution < -0.4 is 5.32 Å². The quantitative estimate of drug-likeness (QED) is 0.727. The number of rotatable bonds is 6. The first-order valence-corrected chi connectivity index (χ1v) is 11.6. The highest BCUT2D eigenvalue weighted by atomic mass is 16.5. The first-order chi connectivity index (χ1) is 14.4. The third-order valence-corrected chi connectivity index (χ3v) is 7.41. The van der Waals surface area contributed by atoms with Gasteiger partial charge in [-0.1, -0.05) is 30.3 Å². The predicted octanol–water partition coefficient (Wildman–Crippen LogP) is 3.57. The number of nitrogens with one attached hydrogen (secondary N) is 1. The Kier molecular flexibility index (Phi) is 6.19. The third-order valence-electron chi connectivity index (χ3n) is 7.41. The summed E-state index contributed by atoms with van der Waals surface area (Å²) in [6.07, 6.45) is 6.53. The minimum atomic E-state index is -0.199. The standard InChI is InChI=1S/C25H36N2O3/c1-24(2)17-20(10-16-30-24)23(29)27-14-11-25(12-15-27)18-21(25)22(28)26-13-6-9-19-7-4-3-5-8-19/h3-5,7-8,20-21H,6,9-18H2,1-2H3,(H,26,28). The summed E-state index contributed by atoms with van der Waals surface area (Å²) in [5, 5.41) is 3.15. The normalized spacial score (nSPS) is 26.9. The van der Waals surface area contributed by atoms with Crippen molar-refractivity contribution in [3.05, 3.63) is 35.9 Å². The Morgan fingerprint density at radius 1 is 1.13 bits per heavy atom. The molecule has 2 aliphatic heterocycles. The largest absolute Gasteiger partial charge is 0.376 e. The fourth-order valence-electron chi connectivity index (χ4n) is 5.42. The van der Waals surface area contributed by atoms with E-state index in [1.54, 1.807) is 0 Å². The van der Waals surface area contributed by atoms with Crippen molar-refractivity contribution in [2.45, 2.75) is 64.4 Å². The molecule has 0 aromatic heterocycles. The molecule has 2 unspecified atom stereocenters. The van der Waals surface area contributed by atoms with Crippen molar-refractivity contribution in [2.75, 3.05) is 26.2 Å². The zero-order valence-electron chi connectivity index (χ0n) is 18.5. The summed E-state index contributed by atoms with van der Waals surface area (Å²) in [5.74, 6) is 0.747. The number of hydrogen-bond donors (Lipinski definition) is 1. The van der Waals surface area contributed by atoms with Crippen LogP contribution in [0.15, 0.2) is 30.3 Å². The molecule has 2 saturated heterocycles. The van der Waals surface area contributed by atoms with Crippen LogP contribution in [-0.4, -0.2) is 48.6 Å². The third kappa shape index (κ3) is 4.88. The SMILES string of the molecule is CC1(C)CC(C(=O)N2CCC3(CC2)CC3C(=O)NCCCc2ccccc2)CCO1. The number of likely N-dealkylation sites (tertiary alicyclic amines) is 1. The van der Waals surface area contributed by atoms with Crippen LogP contribution in [-0.2, 0) is 20.7 Å². The van der Waals surface area contributed by atoms with Crippen molar-refractivity contribution in [1.82, 2.24) is 10.2 Å². The van der Waals surface area contributed by atoms with E-state index >= 15 is 0 Å². The Labute approximate surface area is 180 Å². The average molecular weight is 413 g/mol. The number of aryl methyl sites for hydroxylation is 1. The minimum Gasteiger partial charge on any atom is -0.376 e. The van der Waals surface area contributed by atoms with E-state index in [2.05, 4.69) is 43.4 Å². The van der Waals surface area contributed by atoms with Crippen LogP contribution >= 0.6 is 0 Å². The molecule has 1 saturated carbocycles. The van der Waals surface area contributed by atoms with Crippen LogP contribution in [0.2, 0.25) is 0 Å². The number of hydrogen-bond acceptors (Lipinski definition) is 3. The van der Waals surface area contributed by atoms with E-state index in [0.717, 1.165) is 64.6 Å². The molecule has 0 bridgehead atoms. The molecule has 2 heterocycles. The van der Waals surface area contributed by atoms with Gasteiger partial charge >= 0.3 is 0 Å². The lowest BCUT2D eigenvalue weighted by Crippen LogP contribution is -2.47. The molecule has 5 heteroatoms. The summed E-state index contributed by atoms with van der Waals surface area (Å²) >= 11 is 0. The highest BCUT2D eigenvalue weighted by molar-refractivity contribution is 5.83. The first-order valence-electron chi connectivity index (χ1n) is 11.6. The molecule has 1 aromatic carbocycles. The lowest BCUT2D eigenvalue weighted by molar-refractivity contribution is -0.147. The molecule has 1 N–H and O–H groups in total. The second-order valence-electron chi connectivity index (χ2n) is 10.1. The van der Waals surface area contributed by atoms with Gasteiger partial charge in [-0.2, -0.15) is 0 Å². The number of carbonyl (C=O) groups is 2. The molecule has 0 radical (unpaired) electrons. The molecule has 2 amide bonds. The van der Waals surface area contributed by atoms with Crippen LogP contribution in [0, 0.1) is 17.3 Å². The second kappa shape index (κ2) is 8.70. The van der Waals surface area contributed by atoms with E-state index in [0.29, 0.717) is 12.5 Å². The summed E-state index contributed by atoms with van der Waals surface area (Å²) < 4.78 is 5.77. The van der Waals surface area contributed by atoms with Crippen LogP contribution in [0.4, 0.5) is 0 Å². The Balaban J connectivity index is 1.18. The lowest BCUT2D eigenvalue weighted by Gasteiger charge is -2.39. The fourth-order valence-corrected chi connectivity index (χ4v) is 5.42. The van der Waals surface area contributed by atoms with Crippen molar-refractivity contribution in [3.8, 4) is 0 Å². The maximum atomic E-state index is 13.0. The molecule has 1 aliphatic carbocycles. The molecule has 30 heavy (non-hydrogen) atoms. The number of nitrogens with zero attached hydrogens (tertiary/aromatic N) is 1. The van der Waals surface area contributed by atoms with Gasteiger partial charge in [-0.3, -0.25) is 9.59 Å². The smallest absolute Gasteiger partial charge is 0.225 e. The number of amides is 2.